The Kier molecular flexibility index (Phi) is 4.38. The average Bonchev–Trinajstić information content (AvgIpc) is 2.87. The summed E-state index contributed by atoms with van der Waals surface area (Å²) < 4.78 is 0. The molecule has 2 atom stereocenters. The Hall–Kier alpha value is -1.17. The molecule has 0 N–H and O–H groups in total. The van der Waals surface area contributed by atoms with Gasteiger partial charge < -0.3 is 0 Å². The maximum absolute atomic E-state index is 4.99. The number of nitrogens with zero attached hydrogens (tertiary/aromatic N) is 1. The molecular formula is C21H29NP. The third kappa shape index (κ3) is 2.86. The number of hydrogen-bond donors (Lipinski definition) is 0. The van der Waals surface area contributed by atoms with Gasteiger partial charge in [-0.3, -0.25) is 0 Å². The van der Waals surface area contributed by atoms with Crippen LogP contribution in [-0.4, -0.2) is 37.5 Å². The number of hydrogen-bond acceptors (Lipinski definition) is 1. The first-order chi connectivity index (χ1) is 10.9. The molecule has 1 aliphatic rings. The summed E-state index contributed by atoms with van der Waals surface area (Å²) in [6, 6.07) is 22.6. The van der Waals surface area contributed by atoms with E-state index in [0.29, 0.717) is 11.7 Å². The molecule has 0 bridgehead atoms. The van der Waals surface area contributed by atoms with Crippen LogP contribution in [0.15, 0.2) is 60.7 Å². The minimum absolute atomic E-state index is 0.444. The molecule has 0 saturated carbocycles. The third-order valence-electron chi connectivity index (χ3n) is 5.84. The normalized spacial score (nSPS) is 25.6. The van der Waals surface area contributed by atoms with Crippen molar-refractivity contribution in [2.75, 3.05) is 26.9 Å². The zero-order chi connectivity index (χ0) is 16.5. The van der Waals surface area contributed by atoms with Crippen LogP contribution in [0.25, 0.3) is 0 Å². The van der Waals surface area contributed by atoms with Gasteiger partial charge in [0.2, 0.25) is 0 Å². The van der Waals surface area contributed by atoms with Crippen LogP contribution in [0.1, 0.15) is 24.4 Å². The molecule has 0 aromatic heterocycles. The Balaban J connectivity index is 2.09. The van der Waals surface area contributed by atoms with Crippen LogP contribution < -0.4 is 5.30 Å². The van der Waals surface area contributed by atoms with E-state index in [2.05, 4.69) is 86.3 Å². The Bertz CT molecular complexity index is 648. The fraction of sp³-hybridized carbons (Fsp3) is 0.381. The molecule has 2 aromatic carbocycles. The van der Waals surface area contributed by atoms with Crippen molar-refractivity contribution in [2.45, 2.75) is 24.5 Å². The first kappa shape index (κ1) is 16.7. The molecule has 2 aromatic rings. The van der Waals surface area contributed by atoms with Gasteiger partial charge in [0, 0.05) is 0 Å². The van der Waals surface area contributed by atoms with Crippen molar-refractivity contribution in [3.05, 3.63) is 72.9 Å². The van der Waals surface area contributed by atoms with Gasteiger partial charge in [-0.15, -0.1) is 0 Å². The monoisotopic (exact) mass is 326 g/mol. The molecule has 1 heterocycles. The van der Waals surface area contributed by atoms with E-state index in [1.165, 1.54) is 29.9 Å². The van der Waals surface area contributed by atoms with Crippen LogP contribution in [0.2, 0.25) is 0 Å². The predicted molar refractivity (Wildman–Crippen MR) is 105 cm³/mol. The van der Waals surface area contributed by atoms with Crippen LogP contribution in [0.4, 0.5) is 0 Å². The Morgan fingerprint density at radius 3 is 2.13 bits per heavy atom. The topological polar surface area (TPSA) is 3.24 Å². The van der Waals surface area contributed by atoms with Crippen molar-refractivity contribution in [3.8, 4) is 0 Å². The first-order valence-corrected chi connectivity index (χ1v) is 11.7. The van der Waals surface area contributed by atoms with Gasteiger partial charge in [-0.2, -0.15) is 0 Å². The van der Waals surface area contributed by atoms with E-state index in [9.17, 15) is 0 Å². The van der Waals surface area contributed by atoms with Crippen molar-refractivity contribution >= 4 is 11.9 Å². The Labute approximate surface area is 141 Å². The molecule has 0 aliphatic carbocycles. The van der Waals surface area contributed by atoms with Crippen molar-refractivity contribution in [1.82, 2.24) is 4.90 Å². The molecule has 1 nitrogen and oxygen atoms in total. The molecule has 1 unspecified atom stereocenters. The second kappa shape index (κ2) is 6.04. The molecule has 1 fully saturated rings. The molecular weight excluding hydrogens is 297 g/mol. The van der Waals surface area contributed by atoms with Gasteiger partial charge in [-0.05, 0) is 0 Å². The summed E-state index contributed by atoms with van der Waals surface area (Å²) in [5.41, 5.74) is 2.06. The summed E-state index contributed by atoms with van der Waals surface area (Å²) in [6.07, 6.45) is 3.86. The van der Waals surface area contributed by atoms with Crippen LogP contribution in [0, 0.1) is 6.66 Å². The Morgan fingerprint density at radius 2 is 1.57 bits per heavy atom. The minimum atomic E-state index is -2.19. The van der Waals surface area contributed by atoms with E-state index in [4.69, 9.17) is 6.66 Å². The van der Waals surface area contributed by atoms with Gasteiger partial charge in [0.1, 0.15) is 0 Å². The Morgan fingerprint density at radius 1 is 1.00 bits per heavy atom. The molecule has 2 heteroatoms. The fourth-order valence-corrected chi connectivity index (χ4v) is 9.86. The second-order valence-corrected chi connectivity index (χ2v) is 13.7. The van der Waals surface area contributed by atoms with Crippen molar-refractivity contribution in [2.24, 2.45) is 0 Å². The van der Waals surface area contributed by atoms with Crippen LogP contribution in [0.3, 0.4) is 0 Å². The molecule has 1 aliphatic heterocycles. The van der Waals surface area contributed by atoms with Crippen molar-refractivity contribution < 1.29 is 0 Å². The molecule has 1 radical (unpaired) electrons. The molecule has 0 spiro atoms. The van der Waals surface area contributed by atoms with Gasteiger partial charge in [-0.25, -0.2) is 0 Å². The van der Waals surface area contributed by atoms with Crippen LogP contribution in [0.5, 0.6) is 0 Å². The number of benzene rings is 2. The van der Waals surface area contributed by atoms with Gasteiger partial charge in [0.15, 0.2) is 0 Å². The van der Waals surface area contributed by atoms with Gasteiger partial charge >= 0.3 is 141 Å². The average molecular weight is 326 g/mol. The molecule has 3 rings (SSSR count). The van der Waals surface area contributed by atoms with E-state index in [0.717, 1.165) is 0 Å². The summed E-state index contributed by atoms with van der Waals surface area (Å²) in [4.78, 5) is 2.41. The summed E-state index contributed by atoms with van der Waals surface area (Å²) in [5.74, 6) is 0. The van der Waals surface area contributed by atoms with Gasteiger partial charge in [0.25, 0.3) is 0 Å². The van der Waals surface area contributed by atoms with Crippen molar-refractivity contribution in [3.63, 3.8) is 0 Å². The predicted octanol–water partition coefficient (Wildman–Crippen LogP) is 4.75. The summed E-state index contributed by atoms with van der Waals surface area (Å²) >= 11 is 0. The van der Waals surface area contributed by atoms with E-state index in [-0.39, 0.29) is 0 Å². The quantitative estimate of drug-likeness (QED) is 0.733. The zero-order valence-corrected chi connectivity index (χ0v) is 15.5. The zero-order valence-electron chi connectivity index (χ0n) is 14.7. The maximum atomic E-state index is 4.99. The molecule has 1 saturated heterocycles. The number of rotatable bonds is 4. The van der Waals surface area contributed by atoms with Crippen LogP contribution in [-0.2, 0) is 0 Å². The summed E-state index contributed by atoms with van der Waals surface area (Å²) in [7, 11) is 4.44. The van der Waals surface area contributed by atoms with E-state index in [1.54, 1.807) is 0 Å². The van der Waals surface area contributed by atoms with E-state index in [1.807, 2.05) is 0 Å². The van der Waals surface area contributed by atoms with E-state index >= 15 is 0 Å². The summed E-state index contributed by atoms with van der Waals surface area (Å²) in [6.45, 7) is 5.31. The fourth-order valence-electron chi connectivity index (χ4n) is 4.56. The van der Waals surface area contributed by atoms with Gasteiger partial charge in [0.05, 0.1) is 0 Å². The van der Waals surface area contributed by atoms with Gasteiger partial charge in [-0.1, -0.05) is 0 Å². The molecule has 23 heavy (non-hydrogen) atoms. The van der Waals surface area contributed by atoms with Crippen LogP contribution >= 0.6 is 6.60 Å². The SMILES string of the molecule is [CH2]P1(C)(c2ccccc2)CCCC1[C@@H](c1ccccc1)N(C)C. The standard InChI is InChI=1S/C21H29NP/c1-22(2)21(18-12-7-5-8-13-18)20-16-11-17-23(20,3,4)19-14-9-6-10-15-19/h5-10,12-15,20-21H,3,11,16-17H2,1-2,4H3/t20?,21-/m1/s1. The first-order valence-electron chi connectivity index (χ1n) is 8.57. The van der Waals surface area contributed by atoms with Crippen molar-refractivity contribution in [1.29, 1.82) is 0 Å². The third-order valence-corrected chi connectivity index (χ3v) is 11.7. The molecule has 123 valence electrons. The molecule has 0 amide bonds. The van der Waals surface area contributed by atoms with E-state index < -0.39 is 6.60 Å². The summed E-state index contributed by atoms with van der Waals surface area (Å²) in [5, 5.41) is 1.50. The second-order valence-electron chi connectivity index (χ2n) is 7.74.